The highest BCUT2D eigenvalue weighted by molar-refractivity contribution is 5.77. The topological polar surface area (TPSA) is 66.4 Å². The van der Waals surface area contributed by atoms with Crippen molar-refractivity contribution in [3.8, 4) is 0 Å². The second-order valence-electron chi connectivity index (χ2n) is 5.51. The van der Waals surface area contributed by atoms with Gasteiger partial charge < -0.3 is 10.4 Å². The van der Waals surface area contributed by atoms with Gasteiger partial charge in [-0.3, -0.25) is 9.59 Å². The molecule has 1 rings (SSSR count). The van der Waals surface area contributed by atoms with Crippen LogP contribution in [0, 0.1) is 12.8 Å². The molecule has 4 heteroatoms. The smallest absolute Gasteiger partial charge is 0.305 e. The third-order valence-electron chi connectivity index (χ3n) is 3.23. The molecule has 0 saturated carbocycles. The van der Waals surface area contributed by atoms with Gasteiger partial charge in [-0.2, -0.15) is 0 Å². The summed E-state index contributed by atoms with van der Waals surface area (Å²) in [4.78, 5) is 22.9. The number of amides is 1. The molecule has 0 heterocycles. The molecule has 0 aliphatic rings. The molecule has 0 aliphatic heterocycles. The monoisotopic (exact) mass is 277 g/mol. The zero-order chi connectivity index (χ0) is 15.1. The Balaban J connectivity index is 2.78. The maximum atomic E-state index is 11.9. The lowest BCUT2D eigenvalue weighted by Gasteiger charge is -2.19. The summed E-state index contributed by atoms with van der Waals surface area (Å²) in [5, 5.41) is 11.9. The predicted octanol–water partition coefficient (Wildman–Crippen LogP) is 3.06. The summed E-state index contributed by atoms with van der Waals surface area (Å²) < 4.78 is 0. The second-order valence-corrected chi connectivity index (χ2v) is 5.51. The molecule has 0 fully saturated rings. The maximum Gasteiger partial charge on any atom is 0.305 e. The second kappa shape index (κ2) is 7.68. The zero-order valence-electron chi connectivity index (χ0n) is 12.3. The number of hydrogen-bond acceptors (Lipinski definition) is 2. The van der Waals surface area contributed by atoms with Crippen molar-refractivity contribution in [1.82, 2.24) is 5.32 Å². The normalized spacial score (nSPS) is 12.2. The van der Waals surface area contributed by atoms with E-state index < -0.39 is 12.0 Å². The molecule has 2 N–H and O–H groups in total. The molecule has 1 amide bonds. The first kappa shape index (κ1) is 16.2. The molecule has 1 atom stereocenters. The molecule has 0 bridgehead atoms. The number of carboxylic acids is 1. The molecule has 0 aliphatic carbocycles. The van der Waals surface area contributed by atoms with E-state index in [1.165, 1.54) is 0 Å². The van der Waals surface area contributed by atoms with Crippen molar-refractivity contribution < 1.29 is 14.7 Å². The van der Waals surface area contributed by atoms with Crippen LogP contribution in [0.15, 0.2) is 24.3 Å². The van der Waals surface area contributed by atoms with E-state index in [1.807, 2.05) is 31.2 Å². The highest BCUT2D eigenvalue weighted by atomic mass is 16.4. The average molecular weight is 277 g/mol. The standard InChI is InChI=1S/C16H23NO3/c1-11(2)8-9-15(18)17-14(10-16(19)20)13-7-5-4-6-12(13)3/h4-7,11,14H,8-10H2,1-3H3,(H,17,18)(H,19,20). The largest absolute Gasteiger partial charge is 0.481 e. The Hall–Kier alpha value is -1.84. The molecule has 0 aromatic heterocycles. The van der Waals surface area contributed by atoms with Crippen molar-refractivity contribution in [2.75, 3.05) is 0 Å². The van der Waals surface area contributed by atoms with Crippen LogP contribution in [0.25, 0.3) is 0 Å². The van der Waals surface area contributed by atoms with E-state index >= 15 is 0 Å². The van der Waals surface area contributed by atoms with Gasteiger partial charge in [0.2, 0.25) is 5.91 Å². The van der Waals surface area contributed by atoms with E-state index in [1.54, 1.807) is 0 Å². The predicted molar refractivity (Wildman–Crippen MR) is 78.4 cm³/mol. The molecule has 1 unspecified atom stereocenters. The first-order chi connectivity index (χ1) is 9.40. The number of aliphatic carboxylic acids is 1. The highest BCUT2D eigenvalue weighted by Crippen LogP contribution is 2.21. The van der Waals surface area contributed by atoms with Crippen molar-refractivity contribution in [2.45, 2.75) is 46.1 Å². The Bertz CT molecular complexity index is 469. The molecule has 4 nitrogen and oxygen atoms in total. The van der Waals surface area contributed by atoms with Crippen molar-refractivity contribution >= 4 is 11.9 Å². The fraction of sp³-hybridized carbons (Fsp3) is 0.500. The third kappa shape index (κ3) is 5.43. The number of carboxylic acid groups (broad SMARTS) is 1. The maximum absolute atomic E-state index is 11.9. The van der Waals surface area contributed by atoms with Crippen LogP contribution in [0.1, 0.15) is 50.3 Å². The summed E-state index contributed by atoms with van der Waals surface area (Å²) in [6.45, 7) is 6.04. The lowest BCUT2D eigenvalue weighted by Crippen LogP contribution is -2.30. The molecule has 0 radical (unpaired) electrons. The minimum Gasteiger partial charge on any atom is -0.481 e. The molecule has 1 aromatic rings. The van der Waals surface area contributed by atoms with Gasteiger partial charge >= 0.3 is 5.97 Å². The van der Waals surface area contributed by atoms with Gasteiger partial charge in [-0.15, -0.1) is 0 Å². The quantitative estimate of drug-likeness (QED) is 0.805. The van der Waals surface area contributed by atoms with Crippen molar-refractivity contribution in [2.24, 2.45) is 5.92 Å². The van der Waals surface area contributed by atoms with Crippen LogP contribution in [0.2, 0.25) is 0 Å². The van der Waals surface area contributed by atoms with Crippen LogP contribution in [0.5, 0.6) is 0 Å². The SMILES string of the molecule is Cc1ccccc1C(CC(=O)O)NC(=O)CCC(C)C. The van der Waals surface area contributed by atoms with Gasteiger partial charge in [-0.25, -0.2) is 0 Å². The number of benzene rings is 1. The van der Waals surface area contributed by atoms with E-state index in [4.69, 9.17) is 5.11 Å². The van der Waals surface area contributed by atoms with Gasteiger partial charge in [0.15, 0.2) is 0 Å². The minimum absolute atomic E-state index is 0.0896. The number of hydrogen-bond donors (Lipinski definition) is 2. The third-order valence-corrected chi connectivity index (χ3v) is 3.23. The van der Waals surface area contributed by atoms with Crippen LogP contribution in [-0.4, -0.2) is 17.0 Å². The Morgan fingerprint density at radius 2 is 1.90 bits per heavy atom. The highest BCUT2D eigenvalue weighted by Gasteiger charge is 2.19. The lowest BCUT2D eigenvalue weighted by molar-refractivity contribution is -0.137. The molecular formula is C16H23NO3. The van der Waals surface area contributed by atoms with Crippen LogP contribution < -0.4 is 5.32 Å². The number of carbonyl (C=O) groups is 2. The van der Waals surface area contributed by atoms with E-state index in [9.17, 15) is 9.59 Å². The van der Waals surface area contributed by atoms with Crippen LogP contribution in [-0.2, 0) is 9.59 Å². The number of rotatable bonds is 7. The molecule has 110 valence electrons. The van der Waals surface area contributed by atoms with Gasteiger partial charge in [0.25, 0.3) is 0 Å². The van der Waals surface area contributed by atoms with Gasteiger partial charge in [-0.05, 0) is 30.4 Å². The van der Waals surface area contributed by atoms with Crippen molar-refractivity contribution in [3.63, 3.8) is 0 Å². The van der Waals surface area contributed by atoms with Crippen LogP contribution in [0.4, 0.5) is 0 Å². The minimum atomic E-state index is -0.914. The fourth-order valence-electron chi connectivity index (χ4n) is 2.08. The lowest BCUT2D eigenvalue weighted by atomic mass is 9.98. The van der Waals surface area contributed by atoms with E-state index in [0.29, 0.717) is 12.3 Å². The Labute approximate surface area is 120 Å². The molecule has 1 aromatic carbocycles. The zero-order valence-corrected chi connectivity index (χ0v) is 12.3. The average Bonchev–Trinajstić information content (AvgIpc) is 2.35. The van der Waals surface area contributed by atoms with Crippen LogP contribution >= 0.6 is 0 Å². The Morgan fingerprint density at radius 1 is 1.25 bits per heavy atom. The summed E-state index contributed by atoms with van der Waals surface area (Å²) in [6, 6.07) is 7.08. The molecule has 20 heavy (non-hydrogen) atoms. The van der Waals surface area contributed by atoms with Gasteiger partial charge in [0, 0.05) is 6.42 Å². The summed E-state index contributed by atoms with van der Waals surface area (Å²) >= 11 is 0. The fourth-order valence-corrected chi connectivity index (χ4v) is 2.08. The molecule has 0 saturated heterocycles. The number of carbonyl (C=O) groups excluding carboxylic acids is 1. The van der Waals surface area contributed by atoms with Crippen molar-refractivity contribution in [3.05, 3.63) is 35.4 Å². The van der Waals surface area contributed by atoms with Gasteiger partial charge in [0.1, 0.15) is 0 Å². The number of aryl methyl sites for hydroxylation is 1. The summed E-state index contributed by atoms with van der Waals surface area (Å²) in [6.07, 6.45) is 1.14. The Morgan fingerprint density at radius 3 is 2.45 bits per heavy atom. The molecule has 0 spiro atoms. The molecular weight excluding hydrogens is 254 g/mol. The summed E-state index contributed by atoms with van der Waals surface area (Å²) in [7, 11) is 0. The van der Waals surface area contributed by atoms with E-state index in [0.717, 1.165) is 17.5 Å². The van der Waals surface area contributed by atoms with E-state index in [-0.39, 0.29) is 12.3 Å². The van der Waals surface area contributed by atoms with Gasteiger partial charge in [0.05, 0.1) is 12.5 Å². The first-order valence-corrected chi connectivity index (χ1v) is 6.96. The van der Waals surface area contributed by atoms with Crippen LogP contribution in [0.3, 0.4) is 0 Å². The Kier molecular flexibility index (Phi) is 6.22. The number of nitrogens with one attached hydrogen (secondary N) is 1. The summed E-state index contributed by atoms with van der Waals surface area (Å²) in [5.74, 6) is -0.548. The summed E-state index contributed by atoms with van der Waals surface area (Å²) in [5.41, 5.74) is 1.86. The first-order valence-electron chi connectivity index (χ1n) is 6.96. The van der Waals surface area contributed by atoms with E-state index in [2.05, 4.69) is 19.2 Å². The van der Waals surface area contributed by atoms with Gasteiger partial charge in [-0.1, -0.05) is 38.1 Å². The van der Waals surface area contributed by atoms with Crippen molar-refractivity contribution in [1.29, 1.82) is 0 Å².